The summed E-state index contributed by atoms with van der Waals surface area (Å²) in [6, 6.07) is 8.20. The molecule has 1 atom stereocenters. The van der Waals surface area contributed by atoms with Crippen molar-refractivity contribution in [2.45, 2.75) is 24.6 Å². The minimum atomic E-state index is -5.02. The molecule has 0 saturated carbocycles. The molecule has 100 valence electrons. The molecule has 0 aliphatic rings. The largest absolute Gasteiger partial charge is 0.423 e. The number of nitrogens with zero attached hydrogens (tertiary/aromatic N) is 1. The van der Waals surface area contributed by atoms with Crippen LogP contribution in [0.25, 0.3) is 0 Å². The van der Waals surface area contributed by atoms with Crippen LogP contribution in [0.3, 0.4) is 0 Å². The van der Waals surface area contributed by atoms with Crippen molar-refractivity contribution >= 4 is 0 Å². The van der Waals surface area contributed by atoms with E-state index in [1.807, 2.05) is 0 Å². The van der Waals surface area contributed by atoms with E-state index in [1.54, 1.807) is 30.3 Å². The third-order valence-electron chi connectivity index (χ3n) is 2.59. The smallest absolute Gasteiger partial charge is 0.375 e. The summed E-state index contributed by atoms with van der Waals surface area (Å²) in [6.45, 7) is -1.54. The molecule has 1 aromatic rings. The van der Waals surface area contributed by atoms with E-state index < -0.39 is 29.7 Å². The van der Waals surface area contributed by atoms with E-state index in [0.29, 0.717) is 5.56 Å². The van der Waals surface area contributed by atoms with Crippen LogP contribution in [0, 0.1) is 10.1 Å². The molecule has 0 amide bonds. The second kappa shape index (κ2) is 5.34. The Kier molecular flexibility index (Phi) is 4.28. The molecule has 0 aliphatic heterocycles. The molecule has 0 radical (unpaired) electrons. The van der Waals surface area contributed by atoms with Crippen LogP contribution in [0.5, 0.6) is 0 Å². The summed E-state index contributed by atoms with van der Waals surface area (Å²) in [5, 5.41) is 19.6. The van der Waals surface area contributed by atoms with Gasteiger partial charge in [0, 0.05) is 4.92 Å². The maximum Gasteiger partial charge on any atom is 0.423 e. The monoisotopic (exact) mass is 263 g/mol. The molecule has 0 saturated heterocycles. The minimum Gasteiger partial charge on any atom is -0.375 e. The van der Waals surface area contributed by atoms with E-state index in [9.17, 15) is 28.4 Å². The van der Waals surface area contributed by atoms with Crippen LogP contribution in [0.4, 0.5) is 13.2 Å². The number of rotatable bonds is 5. The number of hydrogen-bond donors (Lipinski definition) is 1. The van der Waals surface area contributed by atoms with E-state index in [1.165, 1.54) is 0 Å². The molecule has 0 fully saturated rings. The molecule has 1 rings (SSSR count). The van der Waals surface area contributed by atoms with Crippen LogP contribution < -0.4 is 0 Å². The number of halogens is 3. The third kappa shape index (κ3) is 3.69. The van der Waals surface area contributed by atoms with Gasteiger partial charge in [0.25, 0.3) is 0 Å². The van der Waals surface area contributed by atoms with Crippen LogP contribution in [0.2, 0.25) is 0 Å². The Morgan fingerprint density at radius 3 is 2.22 bits per heavy atom. The molecular formula is C11H12F3NO3. The van der Waals surface area contributed by atoms with Crippen molar-refractivity contribution < 1.29 is 23.2 Å². The van der Waals surface area contributed by atoms with Crippen molar-refractivity contribution in [2.75, 3.05) is 6.54 Å². The SMILES string of the molecule is O=[N+]([O-])CC(O)(CCc1ccccc1)C(F)(F)F. The average molecular weight is 263 g/mol. The van der Waals surface area contributed by atoms with Crippen molar-refractivity contribution in [3.63, 3.8) is 0 Å². The predicted octanol–water partition coefficient (Wildman–Crippen LogP) is 2.19. The number of nitro groups is 1. The summed E-state index contributed by atoms with van der Waals surface area (Å²) < 4.78 is 37.8. The van der Waals surface area contributed by atoms with Gasteiger partial charge in [-0.05, 0) is 18.4 Å². The highest BCUT2D eigenvalue weighted by Gasteiger charge is 2.57. The quantitative estimate of drug-likeness (QED) is 0.654. The summed E-state index contributed by atoms with van der Waals surface area (Å²) in [7, 11) is 0. The maximum atomic E-state index is 12.6. The van der Waals surface area contributed by atoms with Crippen molar-refractivity contribution in [2.24, 2.45) is 0 Å². The molecule has 1 aromatic carbocycles. The van der Waals surface area contributed by atoms with Crippen LogP contribution in [0.15, 0.2) is 30.3 Å². The van der Waals surface area contributed by atoms with E-state index in [4.69, 9.17) is 0 Å². The van der Waals surface area contributed by atoms with Crippen LogP contribution >= 0.6 is 0 Å². The molecule has 0 bridgehead atoms. The molecule has 18 heavy (non-hydrogen) atoms. The third-order valence-corrected chi connectivity index (χ3v) is 2.59. The first kappa shape index (κ1) is 14.4. The van der Waals surface area contributed by atoms with Crippen molar-refractivity contribution in [1.29, 1.82) is 0 Å². The number of hydrogen-bond acceptors (Lipinski definition) is 3. The van der Waals surface area contributed by atoms with Gasteiger partial charge in [0.05, 0.1) is 0 Å². The topological polar surface area (TPSA) is 63.4 Å². The molecular weight excluding hydrogens is 251 g/mol. The summed E-state index contributed by atoms with van der Waals surface area (Å²) in [6.07, 6.45) is -5.83. The molecule has 4 nitrogen and oxygen atoms in total. The normalized spacial score (nSPS) is 15.1. The first-order valence-corrected chi connectivity index (χ1v) is 5.19. The highest BCUT2D eigenvalue weighted by Crippen LogP contribution is 2.34. The number of alkyl halides is 3. The Morgan fingerprint density at radius 2 is 1.78 bits per heavy atom. The Morgan fingerprint density at radius 1 is 1.22 bits per heavy atom. The zero-order valence-corrected chi connectivity index (χ0v) is 9.35. The minimum absolute atomic E-state index is 0.0787. The predicted molar refractivity (Wildman–Crippen MR) is 57.6 cm³/mol. The Bertz CT molecular complexity index is 408. The molecule has 1 unspecified atom stereocenters. The van der Waals surface area contributed by atoms with Gasteiger partial charge in [0.2, 0.25) is 12.1 Å². The van der Waals surface area contributed by atoms with E-state index in [2.05, 4.69) is 0 Å². The van der Waals surface area contributed by atoms with Gasteiger partial charge in [-0.2, -0.15) is 13.2 Å². The highest BCUT2D eigenvalue weighted by molar-refractivity contribution is 5.15. The Hall–Kier alpha value is -1.63. The van der Waals surface area contributed by atoms with Gasteiger partial charge < -0.3 is 5.11 Å². The molecule has 0 aromatic heterocycles. The lowest BCUT2D eigenvalue weighted by Crippen LogP contribution is -2.50. The summed E-state index contributed by atoms with van der Waals surface area (Å²) in [4.78, 5) is 9.06. The van der Waals surface area contributed by atoms with Gasteiger partial charge in [-0.1, -0.05) is 30.3 Å². The van der Waals surface area contributed by atoms with Crippen LogP contribution in [-0.2, 0) is 6.42 Å². The van der Waals surface area contributed by atoms with Gasteiger partial charge in [-0.25, -0.2) is 0 Å². The van der Waals surface area contributed by atoms with Gasteiger partial charge in [-0.3, -0.25) is 10.1 Å². The van der Waals surface area contributed by atoms with E-state index >= 15 is 0 Å². The maximum absolute atomic E-state index is 12.6. The molecule has 0 aliphatic carbocycles. The van der Waals surface area contributed by atoms with Crippen molar-refractivity contribution in [1.82, 2.24) is 0 Å². The van der Waals surface area contributed by atoms with Crippen molar-refractivity contribution in [3.8, 4) is 0 Å². The van der Waals surface area contributed by atoms with Gasteiger partial charge >= 0.3 is 6.18 Å². The fourth-order valence-electron chi connectivity index (χ4n) is 1.52. The molecule has 1 N–H and O–H groups in total. The molecule has 7 heteroatoms. The second-order valence-electron chi connectivity index (χ2n) is 4.01. The number of aryl methyl sites for hydroxylation is 1. The fourth-order valence-corrected chi connectivity index (χ4v) is 1.52. The van der Waals surface area contributed by atoms with E-state index in [0.717, 1.165) is 0 Å². The van der Waals surface area contributed by atoms with Crippen LogP contribution in [0.1, 0.15) is 12.0 Å². The summed E-state index contributed by atoms with van der Waals surface area (Å²) >= 11 is 0. The zero-order chi connectivity index (χ0) is 13.8. The Balaban J connectivity index is 2.77. The number of aliphatic hydroxyl groups is 1. The van der Waals surface area contributed by atoms with Crippen LogP contribution in [-0.4, -0.2) is 28.4 Å². The highest BCUT2D eigenvalue weighted by atomic mass is 19.4. The van der Waals surface area contributed by atoms with Crippen molar-refractivity contribution in [3.05, 3.63) is 46.0 Å². The second-order valence-corrected chi connectivity index (χ2v) is 4.01. The number of benzene rings is 1. The zero-order valence-electron chi connectivity index (χ0n) is 9.35. The van der Waals surface area contributed by atoms with Gasteiger partial charge in [0.15, 0.2) is 0 Å². The fraction of sp³-hybridized carbons (Fsp3) is 0.455. The summed E-state index contributed by atoms with van der Waals surface area (Å²) in [5.41, 5.74) is -2.70. The average Bonchev–Trinajstić information content (AvgIpc) is 2.25. The lowest BCUT2D eigenvalue weighted by molar-refractivity contribution is -0.516. The first-order chi connectivity index (χ1) is 8.24. The molecule has 0 heterocycles. The first-order valence-electron chi connectivity index (χ1n) is 5.19. The summed E-state index contributed by atoms with van der Waals surface area (Å²) in [5.74, 6) is 0. The van der Waals surface area contributed by atoms with Gasteiger partial charge in [0.1, 0.15) is 0 Å². The standard InChI is InChI=1S/C11H12F3NO3/c12-11(13,14)10(16,8-15(17)18)7-6-9-4-2-1-3-5-9/h1-5,16H,6-8H2. The lowest BCUT2D eigenvalue weighted by Gasteiger charge is -2.26. The molecule has 0 spiro atoms. The lowest BCUT2D eigenvalue weighted by atomic mass is 9.94. The Labute approximate surface area is 101 Å². The van der Waals surface area contributed by atoms with Gasteiger partial charge in [-0.15, -0.1) is 0 Å². The van der Waals surface area contributed by atoms with E-state index in [-0.39, 0.29) is 6.42 Å².